The summed E-state index contributed by atoms with van der Waals surface area (Å²) in [6.45, 7) is 2.07. The van der Waals surface area contributed by atoms with E-state index in [0.717, 1.165) is 25.7 Å². The van der Waals surface area contributed by atoms with Crippen LogP contribution in [0.15, 0.2) is 26.6 Å². The first-order valence-electron chi connectivity index (χ1n) is 10.4. The van der Waals surface area contributed by atoms with Gasteiger partial charge in [-0.15, -0.1) is 0 Å². The van der Waals surface area contributed by atoms with Gasteiger partial charge in [0.15, 0.2) is 23.3 Å². The molecule has 0 atom stereocenters. The van der Waals surface area contributed by atoms with Gasteiger partial charge in [0.05, 0.1) is 12.3 Å². The number of rotatable bonds is 8. The number of nitriles is 1. The number of benzene rings is 1. The highest BCUT2D eigenvalue weighted by atomic mass is 79.9. The number of amides is 1. The fourth-order valence-corrected chi connectivity index (χ4v) is 4.49. The maximum Gasteiger partial charge on any atom is 0.270 e. The lowest BCUT2D eigenvalue weighted by molar-refractivity contribution is -0.124. The number of nitrogens with zero attached hydrogens (tertiary/aromatic N) is 2. The van der Waals surface area contributed by atoms with Gasteiger partial charge in [-0.25, -0.2) is 4.98 Å². The van der Waals surface area contributed by atoms with Crippen molar-refractivity contribution in [2.24, 2.45) is 0 Å². The van der Waals surface area contributed by atoms with E-state index in [2.05, 4.69) is 31.2 Å². The average Bonchev–Trinajstić information content (AvgIpc) is 2.79. The second-order valence-electron chi connectivity index (χ2n) is 7.31. The van der Waals surface area contributed by atoms with E-state index >= 15 is 0 Å². The Balaban J connectivity index is 1.87. The molecule has 1 fully saturated rings. The first-order chi connectivity index (χ1) is 15.5. The van der Waals surface area contributed by atoms with Gasteiger partial charge < -0.3 is 19.8 Å². The fourth-order valence-electron chi connectivity index (χ4n) is 3.61. The highest BCUT2D eigenvalue weighted by Crippen LogP contribution is 2.39. The molecule has 2 aromatic rings. The molecule has 32 heavy (non-hydrogen) atoms. The molecule has 3 rings (SSSR count). The van der Waals surface area contributed by atoms with Crippen LogP contribution in [-0.4, -0.2) is 41.4 Å². The van der Waals surface area contributed by atoms with Crippen molar-refractivity contribution in [2.45, 2.75) is 50.2 Å². The number of halogens is 1. The number of thioether (sulfide) groups is 1. The van der Waals surface area contributed by atoms with Crippen LogP contribution in [0.5, 0.6) is 11.5 Å². The third-order valence-electron chi connectivity index (χ3n) is 5.12. The first kappa shape index (κ1) is 24.1. The van der Waals surface area contributed by atoms with Gasteiger partial charge in [-0.05, 0) is 54.1 Å². The summed E-state index contributed by atoms with van der Waals surface area (Å²) >= 11 is 4.75. The quantitative estimate of drug-likeness (QED) is 0.398. The fraction of sp³-hybridized carbons (Fsp3) is 0.455. The molecule has 0 unspecified atom stereocenters. The summed E-state index contributed by atoms with van der Waals surface area (Å²) in [5.74, 6) is 0.606. The molecule has 1 heterocycles. The number of carbonyl (C=O) groups is 1. The van der Waals surface area contributed by atoms with Gasteiger partial charge in [0.1, 0.15) is 11.6 Å². The average molecular weight is 521 g/mol. The molecular weight excluding hydrogens is 496 g/mol. The van der Waals surface area contributed by atoms with Crippen LogP contribution in [0.2, 0.25) is 0 Å². The number of aromatic nitrogens is 2. The van der Waals surface area contributed by atoms with Gasteiger partial charge in [0.2, 0.25) is 0 Å². The molecule has 0 radical (unpaired) electrons. The zero-order valence-corrected chi connectivity index (χ0v) is 20.4. The van der Waals surface area contributed by atoms with Crippen LogP contribution in [0.3, 0.4) is 0 Å². The predicted molar refractivity (Wildman–Crippen MR) is 126 cm³/mol. The van der Waals surface area contributed by atoms with E-state index in [4.69, 9.17) is 9.47 Å². The van der Waals surface area contributed by atoms with Crippen LogP contribution in [-0.2, 0) is 4.79 Å². The van der Waals surface area contributed by atoms with E-state index in [1.165, 1.54) is 18.2 Å². The minimum absolute atomic E-state index is 0.0912. The molecule has 1 aromatic heterocycles. The highest BCUT2D eigenvalue weighted by molar-refractivity contribution is 9.10. The largest absolute Gasteiger partial charge is 0.490 e. The number of H-pyrrole nitrogens is 1. The molecule has 0 bridgehead atoms. The minimum atomic E-state index is -0.508. The first-order valence-corrected chi connectivity index (χ1v) is 12.5. The molecule has 0 aliphatic heterocycles. The normalized spacial score (nSPS) is 13.9. The van der Waals surface area contributed by atoms with Gasteiger partial charge >= 0.3 is 0 Å². The Morgan fingerprint density at radius 2 is 2.03 bits per heavy atom. The second-order valence-corrected chi connectivity index (χ2v) is 8.96. The summed E-state index contributed by atoms with van der Waals surface area (Å²) in [5.41, 5.74) is 0.165. The molecule has 1 amide bonds. The van der Waals surface area contributed by atoms with Crippen molar-refractivity contribution in [3.63, 3.8) is 0 Å². The summed E-state index contributed by atoms with van der Waals surface area (Å²) in [6.07, 6.45) is 7.26. The highest BCUT2D eigenvalue weighted by Gasteiger charge is 2.20. The maximum atomic E-state index is 12.3. The Morgan fingerprint density at radius 3 is 2.69 bits per heavy atom. The SMILES string of the molecule is CCOc1cc(-c2nc(SC)[nH]c(=O)c2C#N)c(Br)cc1OCC(=O)NC1CCCCC1. The lowest BCUT2D eigenvalue weighted by atomic mass is 9.95. The molecule has 1 aliphatic carbocycles. The van der Waals surface area contributed by atoms with Crippen molar-refractivity contribution in [3.05, 3.63) is 32.5 Å². The van der Waals surface area contributed by atoms with Gasteiger partial charge in [-0.2, -0.15) is 5.26 Å². The molecule has 1 saturated carbocycles. The second kappa shape index (κ2) is 11.4. The van der Waals surface area contributed by atoms with E-state index < -0.39 is 5.56 Å². The predicted octanol–water partition coefficient (Wildman–Crippen LogP) is 4.02. The third kappa shape index (κ3) is 5.84. The minimum Gasteiger partial charge on any atom is -0.490 e. The third-order valence-corrected chi connectivity index (χ3v) is 6.36. The van der Waals surface area contributed by atoms with Gasteiger partial charge in [0.25, 0.3) is 11.5 Å². The van der Waals surface area contributed by atoms with Crippen LogP contribution in [0.4, 0.5) is 0 Å². The number of carbonyl (C=O) groups excluding carboxylic acids is 1. The lowest BCUT2D eigenvalue weighted by Crippen LogP contribution is -2.39. The zero-order chi connectivity index (χ0) is 23.1. The van der Waals surface area contributed by atoms with Gasteiger partial charge in [-0.1, -0.05) is 31.0 Å². The smallest absolute Gasteiger partial charge is 0.270 e. The summed E-state index contributed by atoms with van der Waals surface area (Å²) in [5, 5.41) is 12.9. The Hall–Kier alpha value is -2.51. The Bertz CT molecular complexity index is 1080. The molecule has 1 aliphatic rings. The Morgan fingerprint density at radius 1 is 1.31 bits per heavy atom. The van der Waals surface area contributed by atoms with Crippen molar-refractivity contribution < 1.29 is 14.3 Å². The Labute approximate surface area is 199 Å². The summed E-state index contributed by atoms with van der Waals surface area (Å²) < 4.78 is 12.0. The van der Waals surface area contributed by atoms with Gasteiger partial charge in [-0.3, -0.25) is 9.59 Å². The molecule has 170 valence electrons. The molecule has 8 nitrogen and oxygen atoms in total. The molecule has 10 heteroatoms. The van der Waals surface area contributed by atoms with E-state index in [9.17, 15) is 14.9 Å². The van der Waals surface area contributed by atoms with Crippen LogP contribution in [0.25, 0.3) is 11.3 Å². The molecule has 0 spiro atoms. The number of hydrogen-bond acceptors (Lipinski definition) is 7. The monoisotopic (exact) mass is 520 g/mol. The Kier molecular flexibility index (Phi) is 8.59. The van der Waals surface area contributed by atoms with E-state index in [-0.39, 0.29) is 29.8 Å². The molecule has 2 N–H and O–H groups in total. The summed E-state index contributed by atoms with van der Waals surface area (Å²) in [6, 6.07) is 5.46. The van der Waals surface area contributed by atoms with Crippen molar-refractivity contribution in [3.8, 4) is 28.8 Å². The van der Waals surface area contributed by atoms with Crippen LogP contribution in [0, 0.1) is 11.3 Å². The van der Waals surface area contributed by atoms with Crippen LogP contribution in [0.1, 0.15) is 44.6 Å². The number of ether oxygens (including phenoxy) is 2. The standard InChI is InChI=1S/C22H25BrN4O4S/c1-3-30-17-9-14(20-15(11-24)21(29)27-22(26-20)32-2)16(23)10-18(17)31-12-19(28)25-13-7-5-4-6-8-13/h9-10,13H,3-8,12H2,1-2H3,(H,25,28)(H,26,27,29). The van der Waals surface area contributed by atoms with Crippen molar-refractivity contribution >= 4 is 33.6 Å². The molecular formula is C22H25BrN4O4S. The number of hydrogen-bond donors (Lipinski definition) is 2. The topological polar surface area (TPSA) is 117 Å². The maximum absolute atomic E-state index is 12.3. The molecule has 0 saturated heterocycles. The summed E-state index contributed by atoms with van der Waals surface area (Å²) in [4.78, 5) is 31.7. The van der Waals surface area contributed by atoms with Crippen molar-refractivity contribution in [1.82, 2.24) is 15.3 Å². The summed E-state index contributed by atoms with van der Waals surface area (Å²) in [7, 11) is 0. The number of nitrogens with one attached hydrogen (secondary N) is 2. The van der Waals surface area contributed by atoms with E-state index in [1.807, 2.05) is 13.0 Å². The van der Waals surface area contributed by atoms with E-state index in [1.54, 1.807) is 18.4 Å². The van der Waals surface area contributed by atoms with Crippen LogP contribution < -0.4 is 20.3 Å². The van der Waals surface area contributed by atoms with Crippen LogP contribution >= 0.6 is 27.7 Å². The lowest BCUT2D eigenvalue weighted by Gasteiger charge is -2.23. The van der Waals surface area contributed by atoms with Crippen molar-refractivity contribution in [1.29, 1.82) is 5.26 Å². The van der Waals surface area contributed by atoms with E-state index in [0.29, 0.717) is 33.3 Å². The number of aromatic amines is 1. The molecule has 1 aromatic carbocycles. The zero-order valence-electron chi connectivity index (χ0n) is 18.0. The van der Waals surface area contributed by atoms with Gasteiger partial charge in [0, 0.05) is 16.1 Å². The van der Waals surface area contributed by atoms with Crippen molar-refractivity contribution in [2.75, 3.05) is 19.5 Å².